The summed E-state index contributed by atoms with van der Waals surface area (Å²) in [6.45, 7) is 12.6. The van der Waals surface area contributed by atoms with Gasteiger partial charge in [0.2, 0.25) is 0 Å². The summed E-state index contributed by atoms with van der Waals surface area (Å²) in [5.74, 6) is 0.166. The number of aliphatic hydroxyl groups is 1. The molecule has 5 rings (SSSR count). The summed E-state index contributed by atoms with van der Waals surface area (Å²) >= 11 is 0. The molecule has 44 heavy (non-hydrogen) atoms. The molecule has 2 bridgehead atoms. The summed E-state index contributed by atoms with van der Waals surface area (Å²) in [5, 5.41) is 17.7. The Balaban J connectivity index is 1.49. The fraction of sp³-hybridized carbons (Fsp3) is 0.600. The summed E-state index contributed by atoms with van der Waals surface area (Å²) in [7, 11) is -2.36. The molecule has 2 aromatic carbocycles. The molecular weight excluding hydrogens is 595 g/mol. The van der Waals surface area contributed by atoms with Crippen molar-refractivity contribution in [2.24, 2.45) is 17.0 Å². The van der Waals surface area contributed by atoms with Gasteiger partial charge in [0, 0.05) is 0 Å². The average Bonchev–Trinajstić information content (AvgIpc) is 3.47. The Bertz CT molecular complexity index is 1270. The van der Waals surface area contributed by atoms with Gasteiger partial charge < -0.3 is 0 Å². The SMILES string of the molecule is C[C@@H]1C2OCC(O2)C(O[C@H]2OC(CO[Si](c3ccccc3)(c3ccccc3)C(C)(C)C)[C@@H](O)[C@H](P[B]B=O)C2N=[N+]=[N-])[C@@H]1C. The quantitative estimate of drug-likeness (QED) is 0.132. The number of rotatable bonds is 11. The van der Waals surface area contributed by atoms with Crippen molar-refractivity contribution in [3.63, 3.8) is 0 Å². The number of hydrogen-bond donors (Lipinski definition) is 1. The number of hydrogen-bond acceptors (Lipinski definition) is 8. The van der Waals surface area contributed by atoms with E-state index in [-0.39, 0.29) is 50.4 Å². The molecule has 0 amide bonds. The van der Waals surface area contributed by atoms with Crippen LogP contribution in [-0.2, 0) is 28.1 Å². The number of azide groups is 1. The molecule has 0 aliphatic carbocycles. The van der Waals surface area contributed by atoms with Gasteiger partial charge >= 0.3 is 264 Å². The van der Waals surface area contributed by atoms with Crippen LogP contribution < -0.4 is 10.4 Å². The summed E-state index contributed by atoms with van der Waals surface area (Å²) in [6, 6.07) is 19.6. The van der Waals surface area contributed by atoms with Crippen molar-refractivity contribution >= 4 is 41.1 Å². The molecule has 1 N–H and O–H groups in total. The fourth-order valence-corrected chi connectivity index (χ4v) is 12.5. The monoisotopic (exact) mass is 636 g/mol. The van der Waals surface area contributed by atoms with Gasteiger partial charge in [-0.05, 0) is 0 Å². The molecule has 3 saturated heterocycles. The maximum absolute atomic E-state index is 11.7. The third-order valence-electron chi connectivity index (χ3n) is 9.30. The van der Waals surface area contributed by atoms with Crippen molar-refractivity contribution in [2.45, 2.75) is 88.4 Å². The van der Waals surface area contributed by atoms with Gasteiger partial charge in [-0.2, -0.15) is 0 Å². The van der Waals surface area contributed by atoms with E-state index in [0.29, 0.717) is 13.6 Å². The first-order valence-corrected chi connectivity index (χ1v) is 18.3. The Hall–Kier alpha value is -1.91. The summed E-state index contributed by atoms with van der Waals surface area (Å²) < 4.78 is 43.6. The van der Waals surface area contributed by atoms with E-state index in [2.05, 4.69) is 68.9 Å². The Morgan fingerprint density at radius 3 is 2.27 bits per heavy atom. The number of benzene rings is 2. The molecule has 0 aromatic heterocycles. The first-order valence-electron chi connectivity index (χ1n) is 15.2. The molecule has 0 spiro atoms. The van der Waals surface area contributed by atoms with E-state index < -0.39 is 38.5 Å². The summed E-state index contributed by atoms with van der Waals surface area (Å²) in [4.78, 5) is 3.07. The van der Waals surface area contributed by atoms with E-state index in [1.807, 2.05) is 36.4 Å². The minimum atomic E-state index is -2.95. The standard InChI is InChI=1S/C30H41B2N3O7PSi/c1-18-19(2)28-38-16-23(41-28)26(18)42-29-24(34-35-33)27(43-32-31-37)25(36)22(40-29)17-39-44(30(3,4)5,20-12-8-6-9-13-20)21-14-10-7-11-15-21/h6-15,18-19,22-29,36,43H,16-17H2,1-5H3/t18-,19+,22?,23?,24?,25-,26?,27-,28?,29-/m1/s1. The normalized spacial score (nSPS) is 34.0. The molecule has 233 valence electrons. The van der Waals surface area contributed by atoms with Gasteiger partial charge in [0.25, 0.3) is 0 Å². The Morgan fingerprint density at radius 1 is 1.07 bits per heavy atom. The zero-order valence-electron chi connectivity index (χ0n) is 25.9. The molecule has 14 heteroatoms. The molecule has 10 nitrogen and oxygen atoms in total. The van der Waals surface area contributed by atoms with Crippen molar-refractivity contribution in [1.82, 2.24) is 0 Å². The van der Waals surface area contributed by atoms with Gasteiger partial charge in [-0.3, -0.25) is 0 Å². The third-order valence-corrected chi connectivity index (χ3v) is 15.7. The predicted molar refractivity (Wildman–Crippen MR) is 173 cm³/mol. The van der Waals surface area contributed by atoms with Crippen LogP contribution in [0, 0.1) is 11.8 Å². The molecule has 2 aromatic rings. The van der Waals surface area contributed by atoms with Gasteiger partial charge in [-0.1, -0.05) is 0 Å². The van der Waals surface area contributed by atoms with E-state index in [1.54, 1.807) is 0 Å². The van der Waals surface area contributed by atoms with E-state index >= 15 is 0 Å². The molecule has 3 heterocycles. The molecule has 3 fully saturated rings. The summed E-state index contributed by atoms with van der Waals surface area (Å²) in [5.41, 5.74) is 8.91. The number of fused-ring (bicyclic) bond motifs is 2. The third kappa shape index (κ3) is 6.50. The van der Waals surface area contributed by atoms with Gasteiger partial charge in [0.05, 0.1) is 0 Å². The second kappa shape index (κ2) is 14.2. The second-order valence-corrected chi connectivity index (χ2v) is 18.5. The van der Waals surface area contributed by atoms with E-state index in [1.165, 1.54) is 6.89 Å². The first-order chi connectivity index (χ1) is 21.1. The molecule has 3 aliphatic rings. The van der Waals surface area contributed by atoms with Crippen LogP contribution in [0.2, 0.25) is 5.04 Å². The van der Waals surface area contributed by atoms with Crippen LogP contribution in [0.25, 0.3) is 10.4 Å². The van der Waals surface area contributed by atoms with Crippen LogP contribution in [0.3, 0.4) is 0 Å². The number of nitrogens with zero attached hydrogens (tertiary/aromatic N) is 3. The predicted octanol–water partition coefficient (Wildman–Crippen LogP) is 3.37. The van der Waals surface area contributed by atoms with Gasteiger partial charge in [0.15, 0.2) is 0 Å². The van der Waals surface area contributed by atoms with Crippen molar-refractivity contribution in [3.05, 3.63) is 71.1 Å². The van der Waals surface area contributed by atoms with Gasteiger partial charge in [-0.25, -0.2) is 0 Å². The molecule has 3 aliphatic heterocycles. The van der Waals surface area contributed by atoms with Crippen LogP contribution in [-0.4, -0.2) is 89.3 Å². The topological polar surface area (TPSA) is 132 Å². The van der Waals surface area contributed by atoms with E-state index in [9.17, 15) is 15.3 Å². The van der Waals surface area contributed by atoms with Crippen molar-refractivity contribution in [3.8, 4) is 0 Å². The van der Waals surface area contributed by atoms with Crippen molar-refractivity contribution in [2.75, 3.05) is 13.2 Å². The maximum atomic E-state index is 11.7. The summed E-state index contributed by atoms with van der Waals surface area (Å²) in [6.07, 6.45) is -3.81. The van der Waals surface area contributed by atoms with Crippen LogP contribution in [0.1, 0.15) is 34.6 Å². The number of aliphatic hydroxyl groups excluding tert-OH is 1. The van der Waals surface area contributed by atoms with Crippen LogP contribution in [0.4, 0.5) is 0 Å². The van der Waals surface area contributed by atoms with Crippen LogP contribution in [0.5, 0.6) is 0 Å². The van der Waals surface area contributed by atoms with Crippen molar-refractivity contribution < 1.29 is 33.2 Å². The average molecular weight is 636 g/mol. The Labute approximate surface area is 263 Å². The molecule has 11 atom stereocenters. The zero-order valence-corrected chi connectivity index (χ0v) is 27.9. The number of ether oxygens (including phenoxy) is 4. The minimum absolute atomic E-state index is 0.0705. The molecule has 6 unspecified atom stereocenters. The zero-order chi connectivity index (χ0) is 31.5. The molecule has 0 saturated carbocycles. The second-order valence-electron chi connectivity index (χ2n) is 12.9. The fourth-order valence-electron chi connectivity index (χ4n) is 6.83. The Kier molecular flexibility index (Phi) is 10.8. The Morgan fingerprint density at radius 2 is 1.70 bits per heavy atom. The van der Waals surface area contributed by atoms with E-state index in [0.717, 1.165) is 10.4 Å². The molecule has 1 radical (unpaired) electrons. The molecular formula is C30H41B2N3O7PSi. The van der Waals surface area contributed by atoms with Gasteiger partial charge in [0.1, 0.15) is 0 Å². The van der Waals surface area contributed by atoms with Crippen LogP contribution in [0.15, 0.2) is 65.8 Å². The van der Waals surface area contributed by atoms with Gasteiger partial charge in [-0.15, -0.1) is 0 Å². The van der Waals surface area contributed by atoms with E-state index in [4.69, 9.17) is 23.4 Å². The van der Waals surface area contributed by atoms with Crippen molar-refractivity contribution in [1.29, 1.82) is 0 Å². The first kappa shape index (κ1) is 33.5. The van der Waals surface area contributed by atoms with Crippen LogP contribution >= 0.6 is 8.46 Å².